The first-order valence-corrected chi connectivity index (χ1v) is 6.51. The van der Waals surface area contributed by atoms with Gasteiger partial charge in [0.25, 0.3) is 0 Å². The zero-order valence-corrected chi connectivity index (χ0v) is 10.3. The van der Waals surface area contributed by atoms with Crippen LogP contribution in [0, 0.1) is 5.92 Å². The topological polar surface area (TPSA) is 16.1 Å². The molecule has 0 bridgehead atoms. The molecule has 0 aromatic carbocycles. The van der Waals surface area contributed by atoms with E-state index in [1.807, 2.05) is 6.07 Å². The van der Waals surface area contributed by atoms with Gasteiger partial charge in [0.2, 0.25) is 0 Å². The third kappa shape index (κ3) is 2.33. The molecule has 2 aliphatic rings. The number of anilines is 1. The van der Waals surface area contributed by atoms with Gasteiger partial charge in [-0.3, -0.25) is 0 Å². The Labute approximate surface area is 98.8 Å². The minimum absolute atomic E-state index is 0.771. The van der Waals surface area contributed by atoms with Crippen LogP contribution >= 0.6 is 15.9 Å². The van der Waals surface area contributed by atoms with Gasteiger partial charge in [-0.2, -0.15) is 0 Å². The average molecular weight is 267 g/mol. The Hall–Kier alpha value is -0.570. The van der Waals surface area contributed by atoms with Crippen LogP contribution < -0.4 is 4.90 Å². The van der Waals surface area contributed by atoms with Gasteiger partial charge in [-0.1, -0.05) is 6.07 Å². The van der Waals surface area contributed by atoms with E-state index in [1.165, 1.54) is 32.2 Å². The Morgan fingerprint density at radius 2 is 2.07 bits per heavy atom. The lowest BCUT2D eigenvalue weighted by atomic mass is 10.3. The van der Waals surface area contributed by atoms with Crippen molar-refractivity contribution in [2.24, 2.45) is 5.92 Å². The monoisotopic (exact) mass is 266 g/mol. The number of pyridine rings is 1. The summed E-state index contributed by atoms with van der Waals surface area (Å²) in [5.41, 5.74) is 0. The van der Waals surface area contributed by atoms with Crippen molar-refractivity contribution in [1.29, 1.82) is 0 Å². The first kappa shape index (κ1) is 9.64. The summed E-state index contributed by atoms with van der Waals surface area (Å²) in [6, 6.07) is 6.97. The number of hydrogen-bond acceptors (Lipinski definition) is 2. The van der Waals surface area contributed by atoms with Gasteiger partial charge >= 0.3 is 0 Å². The number of halogens is 1. The predicted octanol–water partition coefficient (Wildman–Crippen LogP) is 3.22. The molecule has 1 aromatic heterocycles. The zero-order chi connectivity index (χ0) is 10.3. The maximum Gasteiger partial charge on any atom is 0.130 e. The summed E-state index contributed by atoms with van der Waals surface area (Å²) in [4.78, 5) is 7.06. The summed E-state index contributed by atoms with van der Waals surface area (Å²) in [7, 11) is 0. The van der Waals surface area contributed by atoms with Crippen LogP contribution in [-0.2, 0) is 0 Å². The van der Waals surface area contributed by atoms with Crippen LogP contribution in [0.5, 0.6) is 0 Å². The maximum atomic E-state index is 4.56. The third-order valence-corrected chi connectivity index (χ3v) is 3.58. The van der Waals surface area contributed by atoms with Crippen LogP contribution in [0.3, 0.4) is 0 Å². The van der Waals surface area contributed by atoms with Gasteiger partial charge in [-0.15, -0.1) is 0 Å². The van der Waals surface area contributed by atoms with E-state index in [4.69, 9.17) is 0 Å². The summed E-state index contributed by atoms with van der Waals surface area (Å²) in [5, 5.41) is 0. The molecule has 2 nitrogen and oxygen atoms in total. The molecule has 0 unspecified atom stereocenters. The Balaban J connectivity index is 1.80. The zero-order valence-electron chi connectivity index (χ0n) is 8.69. The number of hydrogen-bond donors (Lipinski definition) is 0. The van der Waals surface area contributed by atoms with Crippen LogP contribution in [0.1, 0.15) is 25.7 Å². The number of rotatable bonds is 4. The second-order valence-electron chi connectivity index (χ2n) is 4.65. The molecular weight excluding hydrogens is 252 g/mol. The molecular formula is C12H15BrN2. The van der Waals surface area contributed by atoms with Crippen molar-refractivity contribution in [2.75, 3.05) is 11.4 Å². The van der Waals surface area contributed by atoms with Crippen molar-refractivity contribution in [1.82, 2.24) is 4.98 Å². The lowest BCUT2D eigenvalue weighted by molar-refractivity contribution is 0.708. The Morgan fingerprint density at radius 3 is 2.67 bits per heavy atom. The SMILES string of the molecule is Brc1cccc(N(CC2CC2)C2CC2)n1. The van der Waals surface area contributed by atoms with Crippen molar-refractivity contribution in [2.45, 2.75) is 31.7 Å². The predicted molar refractivity (Wildman–Crippen MR) is 65.0 cm³/mol. The fourth-order valence-electron chi connectivity index (χ4n) is 1.95. The van der Waals surface area contributed by atoms with E-state index in [0.717, 1.165) is 22.4 Å². The number of nitrogens with zero attached hydrogens (tertiary/aromatic N) is 2. The number of aromatic nitrogens is 1. The highest BCUT2D eigenvalue weighted by Gasteiger charge is 2.34. The van der Waals surface area contributed by atoms with Crippen LogP contribution in [0.15, 0.2) is 22.8 Å². The minimum atomic E-state index is 0.771. The van der Waals surface area contributed by atoms with E-state index in [1.54, 1.807) is 0 Å². The molecule has 0 saturated heterocycles. The van der Waals surface area contributed by atoms with E-state index in [-0.39, 0.29) is 0 Å². The highest BCUT2D eigenvalue weighted by Crippen LogP contribution is 2.37. The highest BCUT2D eigenvalue weighted by molar-refractivity contribution is 9.10. The molecule has 1 heterocycles. The van der Waals surface area contributed by atoms with E-state index in [2.05, 4.69) is 37.9 Å². The van der Waals surface area contributed by atoms with E-state index < -0.39 is 0 Å². The molecule has 2 saturated carbocycles. The Kier molecular flexibility index (Phi) is 2.43. The molecule has 15 heavy (non-hydrogen) atoms. The molecule has 3 heteroatoms. The summed E-state index contributed by atoms with van der Waals surface area (Å²) in [5.74, 6) is 2.09. The molecule has 0 N–H and O–H groups in total. The minimum Gasteiger partial charge on any atom is -0.353 e. The van der Waals surface area contributed by atoms with Crippen molar-refractivity contribution in [3.8, 4) is 0 Å². The van der Waals surface area contributed by atoms with E-state index in [9.17, 15) is 0 Å². The van der Waals surface area contributed by atoms with Gasteiger partial charge in [-0.25, -0.2) is 4.98 Å². The van der Waals surface area contributed by atoms with Crippen LogP contribution in [-0.4, -0.2) is 17.6 Å². The fraction of sp³-hybridized carbons (Fsp3) is 0.583. The van der Waals surface area contributed by atoms with Crippen molar-refractivity contribution in [3.63, 3.8) is 0 Å². The summed E-state index contributed by atoms with van der Waals surface area (Å²) in [6.07, 6.45) is 5.52. The molecule has 0 atom stereocenters. The highest BCUT2D eigenvalue weighted by atomic mass is 79.9. The maximum absolute atomic E-state index is 4.56. The average Bonchev–Trinajstić information content (AvgIpc) is 3.08. The van der Waals surface area contributed by atoms with E-state index >= 15 is 0 Å². The van der Waals surface area contributed by atoms with Crippen LogP contribution in [0.4, 0.5) is 5.82 Å². The van der Waals surface area contributed by atoms with Gasteiger partial charge in [0.15, 0.2) is 0 Å². The lowest BCUT2D eigenvalue weighted by Crippen LogP contribution is -2.28. The smallest absolute Gasteiger partial charge is 0.130 e. The summed E-state index contributed by atoms with van der Waals surface area (Å²) >= 11 is 3.44. The Bertz CT molecular complexity index is 358. The molecule has 80 valence electrons. The quantitative estimate of drug-likeness (QED) is 0.779. The Morgan fingerprint density at radius 1 is 1.27 bits per heavy atom. The van der Waals surface area contributed by atoms with Crippen LogP contribution in [0.25, 0.3) is 0 Å². The van der Waals surface area contributed by atoms with Crippen molar-refractivity contribution in [3.05, 3.63) is 22.8 Å². The van der Waals surface area contributed by atoms with Gasteiger partial charge in [-0.05, 0) is 59.7 Å². The summed E-state index contributed by atoms with van der Waals surface area (Å²) in [6.45, 7) is 1.22. The van der Waals surface area contributed by atoms with Gasteiger partial charge in [0.1, 0.15) is 10.4 Å². The molecule has 0 amide bonds. The first-order valence-electron chi connectivity index (χ1n) is 5.72. The van der Waals surface area contributed by atoms with Gasteiger partial charge in [0, 0.05) is 12.6 Å². The molecule has 1 aromatic rings. The standard InChI is InChI=1S/C12H15BrN2/c13-11-2-1-3-12(14-11)15(10-6-7-10)8-9-4-5-9/h1-3,9-10H,4-8H2. The molecule has 0 radical (unpaired) electrons. The molecule has 0 aliphatic heterocycles. The third-order valence-electron chi connectivity index (χ3n) is 3.13. The largest absolute Gasteiger partial charge is 0.353 e. The molecule has 2 aliphatic carbocycles. The molecule has 3 rings (SSSR count). The normalized spacial score (nSPS) is 20.3. The first-order chi connectivity index (χ1) is 7.33. The van der Waals surface area contributed by atoms with Crippen molar-refractivity contribution < 1.29 is 0 Å². The second-order valence-corrected chi connectivity index (χ2v) is 5.46. The molecule has 2 fully saturated rings. The molecule has 0 spiro atoms. The fourth-order valence-corrected chi connectivity index (χ4v) is 2.29. The summed E-state index contributed by atoms with van der Waals surface area (Å²) < 4.78 is 0.946. The second kappa shape index (κ2) is 3.78. The van der Waals surface area contributed by atoms with E-state index in [0.29, 0.717) is 0 Å². The van der Waals surface area contributed by atoms with Crippen LogP contribution in [0.2, 0.25) is 0 Å². The van der Waals surface area contributed by atoms with Crippen molar-refractivity contribution >= 4 is 21.7 Å². The van der Waals surface area contributed by atoms with Gasteiger partial charge < -0.3 is 4.90 Å². The lowest BCUT2D eigenvalue weighted by Gasteiger charge is -2.23. The van der Waals surface area contributed by atoms with Gasteiger partial charge in [0.05, 0.1) is 0 Å².